The van der Waals surface area contributed by atoms with Gasteiger partial charge in [0.25, 0.3) is 0 Å². The third-order valence-corrected chi connectivity index (χ3v) is 4.53. The van der Waals surface area contributed by atoms with Gasteiger partial charge in [0.15, 0.2) is 0 Å². The summed E-state index contributed by atoms with van der Waals surface area (Å²) in [7, 11) is 2.24. The van der Waals surface area contributed by atoms with Gasteiger partial charge in [0, 0.05) is 12.4 Å². The van der Waals surface area contributed by atoms with Crippen molar-refractivity contribution in [3.63, 3.8) is 0 Å². The van der Waals surface area contributed by atoms with Crippen LogP contribution >= 0.6 is 0 Å². The van der Waals surface area contributed by atoms with Crippen molar-refractivity contribution in [1.29, 1.82) is 0 Å². The number of hydrogen-bond donors (Lipinski definition) is 1. The highest BCUT2D eigenvalue weighted by molar-refractivity contribution is 5.40. The molecule has 2 unspecified atom stereocenters. The number of nitrogens with zero attached hydrogens (tertiary/aromatic N) is 3. The molecule has 0 aliphatic carbocycles. The average molecular weight is 286 g/mol. The van der Waals surface area contributed by atoms with Crippen LogP contribution in [0.3, 0.4) is 0 Å². The van der Waals surface area contributed by atoms with E-state index in [-0.39, 0.29) is 0 Å². The van der Waals surface area contributed by atoms with E-state index in [4.69, 9.17) is 4.98 Å². The number of rotatable bonds is 5. The smallest absolute Gasteiger partial charge is 0.137 e. The Morgan fingerprint density at radius 3 is 3.10 bits per heavy atom. The fourth-order valence-corrected chi connectivity index (χ4v) is 3.50. The number of nitrogens with one attached hydrogen (secondary N) is 1. The monoisotopic (exact) mass is 286 g/mol. The summed E-state index contributed by atoms with van der Waals surface area (Å²) in [6.45, 7) is 5.59. The molecule has 4 heteroatoms. The molecule has 21 heavy (non-hydrogen) atoms. The second kappa shape index (κ2) is 6.58. The van der Waals surface area contributed by atoms with Crippen LogP contribution in [0, 0.1) is 5.92 Å². The van der Waals surface area contributed by atoms with Gasteiger partial charge in [-0.25, -0.2) is 4.98 Å². The maximum Gasteiger partial charge on any atom is 0.137 e. The van der Waals surface area contributed by atoms with Crippen LogP contribution in [0.2, 0.25) is 0 Å². The topological polar surface area (TPSA) is 32.6 Å². The van der Waals surface area contributed by atoms with E-state index < -0.39 is 0 Å². The van der Waals surface area contributed by atoms with Gasteiger partial charge in [-0.05, 0) is 64.0 Å². The first-order valence-electron chi connectivity index (χ1n) is 8.14. The Morgan fingerprint density at radius 2 is 2.29 bits per heavy atom. The van der Waals surface area contributed by atoms with Crippen LogP contribution in [-0.4, -0.2) is 41.0 Å². The molecule has 2 aromatic heterocycles. The molecule has 1 aliphatic heterocycles. The second-order valence-electron chi connectivity index (χ2n) is 6.16. The SMILES string of the molecule is CCCNCC1CCCN(C)C1c1cn2ccccc2n1. The van der Waals surface area contributed by atoms with Crippen LogP contribution < -0.4 is 5.32 Å². The third kappa shape index (κ3) is 3.11. The molecule has 2 atom stereocenters. The first kappa shape index (κ1) is 14.5. The van der Waals surface area contributed by atoms with Crippen LogP contribution in [0.25, 0.3) is 5.65 Å². The summed E-state index contributed by atoms with van der Waals surface area (Å²) < 4.78 is 2.13. The van der Waals surface area contributed by atoms with E-state index in [9.17, 15) is 0 Å². The second-order valence-corrected chi connectivity index (χ2v) is 6.16. The van der Waals surface area contributed by atoms with Gasteiger partial charge in [0.1, 0.15) is 5.65 Å². The third-order valence-electron chi connectivity index (χ3n) is 4.53. The molecular formula is C17H26N4. The van der Waals surface area contributed by atoms with Crippen molar-refractivity contribution in [2.45, 2.75) is 32.2 Å². The Morgan fingerprint density at radius 1 is 1.38 bits per heavy atom. The van der Waals surface area contributed by atoms with E-state index in [0.717, 1.165) is 18.7 Å². The number of pyridine rings is 1. The van der Waals surface area contributed by atoms with E-state index in [1.54, 1.807) is 0 Å². The number of hydrogen-bond acceptors (Lipinski definition) is 3. The molecule has 114 valence electrons. The zero-order valence-corrected chi connectivity index (χ0v) is 13.1. The molecule has 0 bridgehead atoms. The van der Waals surface area contributed by atoms with Crippen LogP contribution in [-0.2, 0) is 0 Å². The van der Waals surface area contributed by atoms with Gasteiger partial charge in [-0.3, -0.25) is 4.90 Å². The maximum atomic E-state index is 4.86. The first-order valence-corrected chi connectivity index (χ1v) is 8.14. The summed E-state index contributed by atoms with van der Waals surface area (Å²) >= 11 is 0. The van der Waals surface area contributed by atoms with E-state index in [2.05, 4.69) is 59.2 Å². The van der Waals surface area contributed by atoms with Gasteiger partial charge in [-0.1, -0.05) is 13.0 Å². The lowest BCUT2D eigenvalue weighted by atomic mass is 9.87. The molecule has 3 heterocycles. The summed E-state index contributed by atoms with van der Waals surface area (Å²) in [6, 6.07) is 6.62. The maximum absolute atomic E-state index is 4.86. The van der Waals surface area contributed by atoms with E-state index in [1.807, 2.05) is 0 Å². The van der Waals surface area contributed by atoms with Gasteiger partial charge in [0.2, 0.25) is 0 Å². The Balaban J connectivity index is 1.83. The van der Waals surface area contributed by atoms with Gasteiger partial charge in [-0.2, -0.15) is 0 Å². The Hall–Kier alpha value is -1.39. The standard InChI is InChI=1S/C17H26N4/c1-3-9-18-12-14-7-6-10-20(2)17(14)15-13-21-11-5-4-8-16(21)19-15/h4-5,8,11,13-14,17-18H,3,6-7,9-10,12H2,1-2H3. The number of imidazole rings is 1. The molecule has 4 nitrogen and oxygen atoms in total. The van der Waals surface area contributed by atoms with Crippen LogP contribution in [0.4, 0.5) is 0 Å². The van der Waals surface area contributed by atoms with Crippen LogP contribution in [0.1, 0.15) is 37.9 Å². The highest BCUT2D eigenvalue weighted by Crippen LogP contribution is 2.34. The Labute approximate surface area is 127 Å². The number of piperidine rings is 1. The number of likely N-dealkylation sites (tertiary alicyclic amines) is 1. The van der Waals surface area contributed by atoms with Crippen molar-refractivity contribution < 1.29 is 0 Å². The Kier molecular flexibility index (Phi) is 4.56. The highest BCUT2D eigenvalue weighted by Gasteiger charge is 2.31. The molecule has 0 radical (unpaired) electrons. The van der Waals surface area contributed by atoms with E-state index >= 15 is 0 Å². The van der Waals surface area contributed by atoms with Crippen molar-refractivity contribution in [3.05, 3.63) is 36.3 Å². The van der Waals surface area contributed by atoms with Gasteiger partial charge < -0.3 is 9.72 Å². The molecule has 1 saturated heterocycles. The summed E-state index contributed by atoms with van der Waals surface area (Å²) in [4.78, 5) is 7.33. The zero-order valence-electron chi connectivity index (χ0n) is 13.1. The Bertz CT molecular complexity index is 544. The van der Waals surface area contributed by atoms with Crippen LogP contribution in [0.15, 0.2) is 30.6 Å². The molecule has 1 N–H and O–H groups in total. The van der Waals surface area contributed by atoms with E-state index in [0.29, 0.717) is 12.0 Å². The first-order chi connectivity index (χ1) is 10.3. The molecule has 0 amide bonds. The number of aromatic nitrogens is 2. The fraction of sp³-hybridized carbons (Fsp3) is 0.588. The largest absolute Gasteiger partial charge is 0.316 e. The van der Waals surface area contributed by atoms with Gasteiger partial charge in [0.05, 0.1) is 11.7 Å². The highest BCUT2D eigenvalue weighted by atomic mass is 15.2. The molecule has 3 rings (SSSR count). The lowest BCUT2D eigenvalue weighted by Gasteiger charge is -2.38. The summed E-state index contributed by atoms with van der Waals surface area (Å²) in [6.07, 6.45) is 8.06. The van der Waals surface area contributed by atoms with Crippen LogP contribution in [0.5, 0.6) is 0 Å². The van der Waals surface area contributed by atoms with Gasteiger partial charge in [-0.15, -0.1) is 0 Å². The number of fused-ring (bicyclic) bond motifs is 1. The lowest BCUT2D eigenvalue weighted by molar-refractivity contribution is 0.117. The molecule has 0 aromatic carbocycles. The summed E-state index contributed by atoms with van der Waals surface area (Å²) in [5.41, 5.74) is 2.26. The minimum Gasteiger partial charge on any atom is -0.316 e. The predicted octanol–water partition coefficient (Wildman–Crippen LogP) is 2.72. The minimum atomic E-state index is 0.433. The molecule has 2 aromatic rings. The molecular weight excluding hydrogens is 260 g/mol. The summed E-state index contributed by atoms with van der Waals surface area (Å²) in [5.74, 6) is 0.653. The molecule has 0 spiro atoms. The van der Waals surface area contributed by atoms with Crippen molar-refractivity contribution in [2.24, 2.45) is 5.92 Å². The van der Waals surface area contributed by atoms with Crippen molar-refractivity contribution in [2.75, 3.05) is 26.7 Å². The van der Waals surface area contributed by atoms with Crippen molar-refractivity contribution >= 4 is 5.65 Å². The van der Waals surface area contributed by atoms with E-state index in [1.165, 1.54) is 31.5 Å². The lowest BCUT2D eigenvalue weighted by Crippen LogP contribution is -2.40. The minimum absolute atomic E-state index is 0.433. The molecule has 1 fully saturated rings. The predicted molar refractivity (Wildman–Crippen MR) is 86.4 cm³/mol. The fourth-order valence-electron chi connectivity index (χ4n) is 3.50. The summed E-state index contributed by atoms with van der Waals surface area (Å²) in [5, 5.41) is 3.60. The van der Waals surface area contributed by atoms with Gasteiger partial charge >= 0.3 is 0 Å². The average Bonchev–Trinajstić information content (AvgIpc) is 2.91. The zero-order chi connectivity index (χ0) is 14.7. The quantitative estimate of drug-likeness (QED) is 0.858. The van der Waals surface area contributed by atoms with Crippen molar-refractivity contribution in [1.82, 2.24) is 19.6 Å². The van der Waals surface area contributed by atoms with Crippen molar-refractivity contribution in [3.8, 4) is 0 Å². The molecule has 0 saturated carbocycles. The normalized spacial score (nSPS) is 23.7. The molecule has 1 aliphatic rings.